The highest BCUT2D eigenvalue weighted by atomic mass is 16.3. The fourth-order valence-corrected chi connectivity index (χ4v) is 2.63. The summed E-state index contributed by atoms with van der Waals surface area (Å²) in [6.45, 7) is 5.55. The van der Waals surface area contributed by atoms with Gasteiger partial charge in [0.2, 0.25) is 0 Å². The van der Waals surface area contributed by atoms with Crippen LogP contribution in [0.2, 0.25) is 0 Å². The summed E-state index contributed by atoms with van der Waals surface area (Å²) in [7, 11) is 0. The smallest absolute Gasteiger partial charge is 0.120 e. The molecular formula is C18H25NO2. The third-order valence-corrected chi connectivity index (χ3v) is 3.81. The molecule has 0 spiro atoms. The number of likely N-dealkylation sites (tertiary alicyclic amines) is 1. The normalized spacial score (nSPS) is 19.9. The summed E-state index contributed by atoms with van der Waals surface area (Å²) in [5.41, 5.74) is 1.20. The second kappa shape index (κ2) is 7.09. The SMILES string of the molecule is CC(C)(O)C#Cc1ccc(CN2CCCC[C@@H]2CO)cc1. The third kappa shape index (κ3) is 5.17. The molecule has 0 aliphatic carbocycles. The molecule has 1 heterocycles. The molecule has 3 heteroatoms. The van der Waals surface area contributed by atoms with Crippen molar-refractivity contribution in [3.63, 3.8) is 0 Å². The van der Waals surface area contributed by atoms with E-state index in [-0.39, 0.29) is 6.61 Å². The van der Waals surface area contributed by atoms with Crippen LogP contribution in [0.4, 0.5) is 0 Å². The molecule has 3 nitrogen and oxygen atoms in total. The minimum absolute atomic E-state index is 0.245. The molecule has 1 saturated heterocycles. The van der Waals surface area contributed by atoms with Gasteiger partial charge in [-0.1, -0.05) is 30.4 Å². The topological polar surface area (TPSA) is 43.7 Å². The number of hydrogen-bond donors (Lipinski definition) is 2. The summed E-state index contributed by atoms with van der Waals surface area (Å²) in [5.74, 6) is 5.80. The summed E-state index contributed by atoms with van der Waals surface area (Å²) in [5, 5.41) is 19.0. The zero-order valence-electron chi connectivity index (χ0n) is 13.0. The maximum atomic E-state index is 9.60. The summed E-state index contributed by atoms with van der Waals surface area (Å²) in [6, 6.07) is 8.45. The minimum Gasteiger partial charge on any atom is -0.395 e. The van der Waals surface area contributed by atoms with Gasteiger partial charge in [0, 0.05) is 18.2 Å². The molecule has 2 N–H and O–H groups in total. The van der Waals surface area contributed by atoms with Gasteiger partial charge in [-0.15, -0.1) is 0 Å². The Morgan fingerprint density at radius 2 is 1.95 bits per heavy atom. The van der Waals surface area contributed by atoms with Crippen LogP contribution in [-0.4, -0.2) is 39.9 Å². The van der Waals surface area contributed by atoms with Crippen molar-refractivity contribution in [2.75, 3.05) is 13.2 Å². The first kappa shape index (κ1) is 16.0. The Labute approximate surface area is 127 Å². The van der Waals surface area contributed by atoms with Crippen molar-refractivity contribution in [1.29, 1.82) is 0 Å². The number of nitrogens with zero attached hydrogens (tertiary/aromatic N) is 1. The quantitative estimate of drug-likeness (QED) is 0.837. The van der Waals surface area contributed by atoms with E-state index in [1.807, 2.05) is 12.1 Å². The first-order valence-electron chi connectivity index (χ1n) is 7.67. The molecule has 1 aromatic rings. The highest BCUT2D eigenvalue weighted by molar-refractivity contribution is 5.37. The van der Waals surface area contributed by atoms with Crippen LogP contribution in [0.25, 0.3) is 0 Å². The van der Waals surface area contributed by atoms with Gasteiger partial charge in [-0.2, -0.15) is 0 Å². The molecule has 0 bridgehead atoms. The van der Waals surface area contributed by atoms with Gasteiger partial charge in [-0.05, 0) is 50.9 Å². The van der Waals surface area contributed by atoms with Crippen molar-refractivity contribution in [2.45, 2.75) is 51.3 Å². The second-order valence-electron chi connectivity index (χ2n) is 6.31. The molecule has 21 heavy (non-hydrogen) atoms. The highest BCUT2D eigenvalue weighted by Crippen LogP contribution is 2.19. The number of aliphatic hydroxyl groups excluding tert-OH is 1. The van der Waals surface area contributed by atoms with Gasteiger partial charge in [0.25, 0.3) is 0 Å². The fraction of sp³-hybridized carbons (Fsp3) is 0.556. The van der Waals surface area contributed by atoms with Crippen molar-refractivity contribution >= 4 is 0 Å². The third-order valence-electron chi connectivity index (χ3n) is 3.81. The average Bonchev–Trinajstić information content (AvgIpc) is 2.46. The van der Waals surface area contributed by atoms with Gasteiger partial charge in [0.15, 0.2) is 0 Å². The van der Waals surface area contributed by atoms with Gasteiger partial charge in [0.05, 0.1) is 6.61 Å². The molecule has 1 aliphatic rings. The van der Waals surface area contributed by atoms with Crippen LogP contribution in [0.3, 0.4) is 0 Å². The van der Waals surface area contributed by atoms with Crippen LogP contribution in [-0.2, 0) is 6.54 Å². The van der Waals surface area contributed by atoms with Gasteiger partial charge in [-0.3, -0.25) is 4.90 Å². The van der Waals surface area contributed by atoms with Gasteiger partial charge in [0.1, 0.15) is 5.60 Å². The van der Waals surface area contributed by atoms with E-state index in [1.54, 1.807) is 13.8 Å². The molecule has 114 valence electrons. The number of rotatable bonds is 3. The Kier molecular flexibility index (Phi) is 5.41. The molecule has 1 aliphatic heterocycles. The number of hydrogen-bond acceptors (Lipinski definition) is 3. The molecular weight excluding hydrogens is 262 g/mol. The monoisotopic (exact) mass is 287 g/mol. The van der Waals surface area contributed by atoms with Crippen molar-refractivity contribution in [3.8, 4) is 11.8 Å². The van der Waals surface area contributed by atoms with E-state index >= 15 is 0 Å². The molecule has 0 amide bonds. The zero-order valence-corrected chi connectivity index (χ0v) is 13.0. The number of piperidine rings is 1. The van der Waals surface area contributed by atoms with Gasteiger partial charge >= 0.3 is 0 Å². The highest BCUT2D eigenvalue weighted by Gasteiger charge is 2.21. The first-order valence-corrected chi connectivity index (χ1v) is 7.67. The predicted octanol–water partition coefficient (Wildman–Crippen LogP) is 2.16. The lowest BCUT2D eigenvalue weighted by Gasteiger charge is -2.34. The number of aliphatic hydroxyl groups is 2. The summed E-state index contributed by atoms with van der Waals surface area (Å²) in [4.78, 5) is 2.36. The van der Waals surface area contributed by atoms with E-state index in [9.17, 15) is 10.2 Å². The molecule has 1 fully saturated rings. The molecule has 0 radical (unpaired) electrons. The summed E-state index contributed by atoms with van der Waals surface area (Å²) < 4.78 is 0. The van der Waals surface area contributed by atoms with E-state index in [0.717, 1.165) is 25.1 Å². The van der Waals surface area contributed by atoms with Crippen molar-refractivity contribution in [1.82, 2.24) is 4.90 Å². The average molecular weight is 287 g/mol. The standard InChI is InChI=1S/C18H25NO2/c1-18(2,21)11-10-15-6-8-16(9-7-15)13-19-12-4-3-5-17(19)14-20/h6-9,17,20-21H,3-5,12-14H2,1-2H3/t17-/m1/s1. The van der Waals surface area contributed by atoms with Crippen LogP contribution in [0, 0.1) is 11.8 Å². The van der Waals surface area contributed by atoms with E-state index in [4.69, 9.17) is 0 Å². The summed E-state index contributed by atoms with van der Waals surface area (Å²) in [6.07, 6.45) is 3.52. The Hall–Kier alpha value is -1.34. The molecule has 0 unspecified atom stereocenters. The number of benzene rings is 1. The van der Waals surface area contributed by atoms with Crippen LogP contribution in [0.5, 0.6) is 0 Å². The van der Waals surface area contributed by atoms with Crippen molar-refractivity contribution < 1.29 is 10.2 Å². The van der Waals surface area contributed by atoms with Crippen LogP contribution >= 0.6 is 0 Å². The maximum Gasteiger partial charge on any atom is 0.120 e. The molecule has 0 saturated carbocycles. The predicted molar refractivity (Wildman–Crippen MR) is 84.8 cm³/mol. The molecule has 1 atom stereocenters. The second-order valence-corrected chi connectivity index (χ2v) is 6.31. The van der Waals surface area contributed by atoms with Gasteiger partial charge in [-0.25, -0.2) is 0 Å². The Bertz CT molecular complexity index is 505. The Balaban J connectivity index is 2.00. The molecule has 0 aromatic heterocycles. The largest absolute Gasteiger partial charge is 0.395 e. The lowest BCUT2D eigenvalue weighted by Crippen LogP contribution is -2.41. The fourth-order valence-electron chi connectivity index (χ4n) is 2.63. The Morgan fingerprint density at radius 3 is 2.57 bits per heavy atom. The lowest BCUT2D eigenvalue weighted by molar-refractivity contribution is 0.0841. The minimum atomic E-state index is -0.958. The van der Waals surface area contributed by atoms with E-state index in [1.165, 1.54) is 18.4 Å². The molecule has 2 rings (SSSR count). The van der Waals surface area contributed by atoms with Crippen molar-refractivity contribution in [3.05, 3.63) is 35.4 Å². The zero-order chi connectivity index (χ0) is 15.3. The van der Waals surface area contributed by atoms with E-state index in [2.05, 4.69) is 28.9 Å². The van der Waals surface area contributed by atoms with E-state index < -0.39 is 5.60 Å². The van der Waals surface area contributed by atoms with E-state index in [0.29, 0.717) is 6.04 Å². The van der Waals surface area contributed by atoms with Crippen LogP contribution in [0.15, 0.2) is 24.3 Å². The van der Waals surface area contributed by atoms with Gasteiger partial charge < -0.3 is 10.2 Å². The lowest BCUT2D eigenvalue weighted by atomic mass is 10.0. The Morgan fingerprint density at radius 1 is 1.24 bits per heavy atom. The van der Waals surface area contributed by atoms with Crippen LogP contribution < -0.4 is 0 Å². The van der Waals surface area contributed by atoms with Crippen molar-refractivity contribution in [2.24, 2.45) is 0 Å². The first-order chi connectivity index (χ1) is 9.98. The van der Waals surface area contributed by atoms with Crippen LogP contribution in [0.1, 0.15) is 44.2 Å². The summed E-state index contributed by atoms with van der Waals surface area (Å²) >= 11 is 0. The molecule has 1 aromatic carbocycles. The maximum absolute atomic E-state index is 9.60.